The summed E-state index contributed by atoms with van der Waals surface area (Å²) in [5.41, 5.74) is 0.217. The molecular weight excluding hydrogens is 357 g/mol. The van der Waals surface area contributed by atoms with E-state index in [4.69, 9.17) is 22.3 Å². The Kier molecular flexibility index (Phi) is 4.48. The topological polar surface area (TPSA) is 80.3 Å². The van der Waals surface area contributed by atoms with Gasteiger partial charge in [0.05, 0.1) is 9.79 Å². The third-order valence-electron chi connectivity index (χ3n) is 2.51. The molecule has 0 fully saturated rings. The lowest BCUT2D eigenvalue weighted by Gasteiger charge is -2.08. The lowest BCUT2D eigenvalue weighted by atomic mass is 10.3. The summed E-state index contributed by atoms with van der Waals surface area (Å²) >= 11 is 5.70. The number of hydrogen-bond acceptors (Lipinski definition) is 4. The van der Waals surface area contributed by atoms with E-state index in [1.807, 2.05) is 0 Å². The number of halogens is 2. The number of sulfonamides is 1. The summed E-state index contributed by atoms with van der Waals surface area (Å²) < 4.78 is 48.7. The molecule has 21 heavy (non-hydrogen) atoms. The predicted octanol–water partition coefficient (Wildman–Crippen LogP) is 3.07. The SMILES string of the molecule is O=S(=O)(Cl)c1ccc(NS(=O)(=O)c2ccc(Cl)cc2)cc1. The third kappa shape index (κ3) is 4.10. The first kappa shape index (κ1) is 16.1. The van der Waals surface area contributed by atoms with Crippen molar-refractivity contribution >= 4 is 47.0 Å². The first-order valence-corrected chi connectivity index (χ1v) is 9.69. The molecule has 0 spiro atoms. The van der Waals surface area contributed by atoms with Crippen LogP contribution in [0.1, 0.15) is 0 Å². The van der Waals surface area contributed by atoms with E-state index in [-0.39, 0.29) is 15.5 Å². The fraction of sp³-hybridized carbons (Fsp3) is 0. The molecule has 112 valence electrons. The molecule has 0 heterocycles. The molecule has 0 unspecified atom stereocenters. The van der Waals surface area contributed by atoms with Crippen molar-refractivity contribution in [3.05, 3.63) is 53.6 Å². The van der Waals surface area contributed by atoms with Crippen LogP contribution in [0.25, 0.3) is 0 Å². The van der Waals surface area contributed by atoms with Gasteiger partial charge in [-0.15, -0.1) is 0 Å². The van der Waals surface area contributed by atoms with Crippen LogP contribution in [0, 0.1) is 0 Å². The van der Waals surface area contributed by atoms with Gasteiger partial charge in [-0.1, -0.05) is 11.6 Å². The molecule has 0 aromatic heterocycles. The van der Waals surface area contributed by atoms with Crippen LogP contribution in [0.4, 0.5) is 5.69 Å². The molecule has 2 aromatic rings. The minimum absolute atomic E-state index is 0.0425. The zero-order valence-electron chi connectivity index (χ0n) is 10.3. The Labute approximate surface area is 132 Å². The quantitative estimate of drug-likeness (QED) is 0.844. The number of benzene rings is 2. The minimum atomic E-state index is -3.84. The minimum Gasteiger partial charge on any atom is -0.280 e. The molecule has 0 aliphatic rings. The molecule has 0 aliphatic carbocycles. The summed E-state index contributed by atoms with van der Waals surface area (Å²) in [7, 11) is -2.43. The van der Waals surface area contributed by atoms with Crippen molar-refractivity contribution in [1.82, 2.24) is 0 Å². The largest absolute Gasteiger partial charge is 0.280 e. The van der Waals surface area contributed by atoms with Gasteiger partial charge in [-0.25, -0.2) is 16.8 Å². The highest BCUT2D eigenvalue weighted by atomic mass is 35.7. The zero-order chi connectivity index (χ0) is 15.7. The average molecular weight is 366 g/mol. The number of hydrogen-bond donors (Lipinski definition) is 1. The smallest absolute Gasteiger partial charge is 0.261 e. The van der Waals surface area contributed by atoms with Crippen molar-refractivity contribution in [3.8, 4) is 0 Å². The van der Waals surface area contributed by atoms with Crippen molar-refractivity contribution in [2.45, 2.75) is 9.79 Å². The molecule has 2 rings (SSSR count). The second-order valence-corrected chi connectivity index (χ2v) is 8.71. The van der Waals surface area contributed by atoms with Gasteiger partial charge in [-0.2, -0.15) is 0 Å². The van der Waals surface area contributed by atoms with Crippen LogP contribution in [-0.2, 0) is 19.1 Å². The maximum atomic E-state index is 12.1. The molecule has 0 bridgehead atoms. The summed E-state index contributed by atoms with van der Waals surface area (Å²) in [6.45, 7) is 0. The Morgan fingerprint density at radius 3 is 1.71 bits per heavy atom. The summed E-state index contributed by atoms with van der Waals surface area (Å²) in [4.78, 5) is -0.0699. The number of nitrogens with one attached hydrogen (secondary N) is 1. The highest BCUT2D eigenvalue weighted by Gasteiger charge is 2.15. The van der Waals surface area contributed by atoms with Gasteiger partial charge in [-0.05, 0) is 48.5 Å². The highest BCUT2D eigenvalue weighted by molar-refractivity contribution is 8.13. The summed E-state index contributed by atoms with van der Waals surface area (Å²) in [5, 5.41) is 0.422. The molecule has 0 saturated heterocycles. The Hall–Kier alpha value is -1.28. The Bertz CT molecular complexity index is 845. The van der Waals surface area contributed by atoms with Crippen LogP contribution < -0.4 is 4.72 Å². The average Bonchev–Trinajstić information content (AvgIpc) is 2.38. The standard InChI is InChI=1S/C12H9Cl2NO4S2/c13-9-1-5-12(6-2-9)21(18,19)15-10-3-7-11(8-4-10)20(14,16)17/h1-8,15H. The Balaban J connectivity index is 2.27. The van der Waals surface area contributed by atoms with Gasteiger partial charge >= 0.3 is 0 Å². The van der Waals surface area contributed by atoms with E-state index < -0.39 is 19.1 Å². The van der Waals surface area contributed by atoms with Gasteiger partial charge in [-0.3, -0.25) is 4.72 Å². The normalized spacial score (nSPS) is 12.1. The highest BCUT2D eigenvalue weighted by Crippen LogP contribution is 2.21. The summed E-state index contributed by atoms with van der Waals surface area (Å²) in [6.07, 6.45) is 0. The Morgan fingerprint density at radius 2 is 1.24 bits per heavy atom. The van der Waals surface area contributed by atoms with Gasteiger partial charge < -0.3 is 0 Å². The third-order valence-corrected chi connectivity index (χ3v) is 5.53. The van der Waals surface area contributed by atoms with Gasteiger partial charge in [0.15, 0.2) is 0 Å². The van der Waals surface area contributed by atoms with E-state index in [9.17, 15) is 16.8 Å². The summed E-state index contributed by atoms with van der Waals surface area (Å²) in [6, 6.07) is 10.7. The van der Waals surface area contributed by atoms with E-state index in [0.717, 1.165) is 0 Å². The van der Waals surface area contributed by atoms with Crippen LogP contribution >= 0.6 is 22.3 Å². The van der Waals surface area contributed by atoms with Crippen molar-refractivity contribution in [2.75, 3.05) is 4.72 Å². The fourth-order valence-electron chi connectivity index (χ4n) is 1.51. The van der Waals surface area contributed by atoms with E-state index in [1.54, 1.807) is 0 Å². The number of anilines is 1. The molecule has 5 nitrogen and oxygen atoms in total. The first-order valence-electron chi connectivity index (χ1n) is 5.52. The van der Waals surface area contributed by atoms with Crippen LogP contribution in [0.2, 0.25) is 5.02 Å². The molecule has 0 atom stereocenters. The summed E-state index contributed by atoms with van der Waals surface area (Å²) in [5.74, 6) is 0. The second-order valence-electron chi connectivity index (χ2n) is 4.02. The van der Waals surface area contributed by atoms with Crippen LogP contribution in [0.5, 0.6) is 0 Å². The first-order chi connectivity index (χ1) is 9.68. The predicted molar refractivity (Wildman–Crippen MR) is 81.7 cm³/mol. The van der Waals surface area contributed by atoms with Gasteiger partial charge in [0.2, 0.25) is 0 Å². The van der Waals surface area contributed by atoms with Gasteiger partial charge in [0, 0.05) is 21.4 Å². The Morgan fingerprint density at radius 1 is 0.762 bits per heavy atom. The van der Waals surface area contributed by atoms with Gasteiger partial charge in [0.1, 0.15) is 0 Å². The second kappa shape index (κ2) is 5.84. The van der Waals surface area contributed by atoms with Crippen molar-refractivity contribution in [3.63, 3.8) is 0 Å². The molecular formula is C12H9Cl2NO4S2. The van der Waals surface area contributed by atoms with Crippen LogP contribution in [-0.4, -0.2) is 16.8 Å². The van der Waals surface area contributed by atoms with Crippen LogP contribution in [0.15, 0.2) is 58.3 Å². The number of rotatable bonds is 4. The maximum absolute atomic E-state index is 12.1. The molecule has 0 radical (unpaired) electrons. The zero-order valence-corrected chi connectivity index (χ0v) is 13.5. The molecule has 9 heteroatoms. The molecule has 0 saturated carbocycles. The van der Waals surface area contributed by atoms with E-state index >= 15 is 0 Å². The molecule has 1 N–H and O–H groups in total. The lowest BCUT2D eigenvalue weighted by Crippen LogP contribution is -2.12. The van der Waals surface area contributed by atoms with Crippen LogP contribution in [0.3, 0.4) is 0 Å². The van der Waals surface area contributed by atoms with E-state index in [0.29, 0.717) is 5.02 Å². The van der Waals surface area contributed by atoms with E-state index in [1.165, 1.54) is 48.5 Å². The fourth-order valence-corrected chi connectivity index (χ4v) is 3.47. The lowest BCUT2D eigenvalue weighted by molar-refractivity contribution is 0.601. The van der Waals surface area contributed by atoms with Gasteiger partial charge in [0.25, 0.3) is 19.1 Å². The maximum Gasteiger partial charge on any atom is 0.261 e. The van der Waals surface area contributed by atoms with Crippen molar-refractivity contribution in [1.29, 1.82) is 0 Å². The monoisotopic (exact) mass is 365 g/mol. The van der Waals surface area contributed by atoms with Crippen molar-refractivity contribution in [2.24, 2.45) is 0 Å². The molecule has 2 aromatic carbocycles. The molecule has 0 amide bonds. The molecule has 0 aliphatic heterocycles. The van der Waals surface area contributed by atoms with E-state index in [2.05, 4.69) is 4.72 Å². The van der Waals surface area contributed by atoms with Crippen molar-refractivity contribution < 1.29 is 16.8 Å².